The number of anilines is 1. The second-order valence-corrected chi connectivity index (χ2v) is 5.07. The fourth-order valence-corrected chi connectivity index (χ4v) is 2.38. The standard InChI is InChI=1S/C14H20ClNO2/c1-3-18-14-5-4-12(15)8-13(14)16-10(2)11-6-7-17-9-11/h4-5,8,10-11,16H,3,6-7,9H2,1-2H3. The highest BCUT2D eigenvalue weighted by atomic mass is 35.5. The van der Waals surface area contributed by atoms with E-state index in [-0.39, 0.29) is 0 Å². The molecule has 1 heterocycles. The minimum atomic E-state index is 0.352. The van der Waals surface area contributed by atoms with Gasteiger partial charge in [-0.25, -0.2) is 0 Å². The van der Waals surface area contributed by atoms with E-state index in [0.717, 1.165) is 36.1 Å². The lowest BCUT2D eigenvalue weighted by molar-refractivity contribution is 0.183. The minimum Gasteiger partial charge on any atom is -0.492 e. The van der Waals surface area contributed by atoms with Gasteiger partial charge in [0.2, 0.25) is 0 Å². The monoisotopic (exact) mass is 269 g/mol. The Balaban J connectivity index is 2.08. The van der Waals surface area contributed by atoms with Crippen LogP contribution in [0.4, 0.5) is 5.69 Å². The molecule has 0 aromatic heterocycles. The maximum absolute atomic E-state index is 6.04. The maximum atomic E-state index is 6.04. The van der Waals surface area contributed by atoms with E-state index in [2.05, 4.69) is 12.2 Å². The van der Waals surface area contributed by atoms with Gasteiger partial charge >= 0.3 is 0 Å². The average Bonchev–Trinajstić information content (AvgIpc) is 2.86. The molecular formula is C14H20ClNO2. The van der Waals surface area contributed by atoms with Gasteiger partial charge in [-0.05, 0) is 38.5 Å². The van der Waals surface area contributed by atoms with Crippen molar-refractivity contribution in [1.82, 2.24) is 0 Å². The first-order valence-corrected chi connectivity index (χ1v) is 6.85. The summed E-state index contributed by atoms with van der Waals surface area (Å²) in [5.74, 6) is 1.41. The van der Waals surface area contributed by atoms with Crippen LogP contribution in [0.2, 0.25) is 5.02 Å². The summed E-state index contributed by atoms with van der Waals surface area (Å²) in [6, 6.07) is 6.02. The lowest BCUT2D eigenvalue weighted by Crippen LogP contribution is -2.26. The molecule has 1 aliphatic rings. The molecule has 1 aromatic carbocycles. The van der Waals surface area contributed by atoms with Gasteiger partial charge in [0.25, 0.3) is 0 Å². The van der Waals surface area contributed by atoms with Gasteiger partial charge in [-0.3, -0.25) is 0 Å². The number of rotatable bonds is 5. The first kappa shape index (κ1) is 13.5. The van der Waals surface area contributed by atoms with Gasteiger partial charge in [-0.1, -0.05) is 11.6 Å². The lowest BCUT2D eigenvalue weighted by atomic mass is 10.0. The van der Waals surface area contributed by atoms with Crippen molar-refractivity contribution in [3.63, 3.8) is 0 Å². The normalized spacial score (nSPS) is 20.7. The molecule has 2 unspecified atom stereocenters. The van der Waals surface area contributed by atoms with Crippen LogP contribution in [-0.4, -0.2) is 25.9 Å². The van der Waals surface area contributed by atoms with Crippen LogP contribution < -0.4 is 10.1 Å². The zero-order chi connectivity index (χ0) is 13.0. The van der Waals surface area contributed by atoms with Gasteiger partial charge in [0.1, 0.15) is 5.75 Å². The van der Waals surface area contributed by atoms with Crippen LogP contribution in [0.15, 0.2) is 18.2 Å². The van der Waals surface area contributed by atoms with Crippen molar-refractivity contribution in [2.24, 2.45) is 5.92 Å². The fourth-order valence-electron chi connectivity index (χ4n) is 2.21. The molecule has 0 spiro atoms. The predicted octanol–water partition coefficient (Wildman–Crippen LogP) is 3.58. The molecule has 100 valence electrons. The molecule has 4 heteroatoms. The van der Waals surface area contributed by atoms with Crippen LogP contribution in [0.25, 0.3) is 0 Å². The Morgan fingerprint density at radius 3 is 3.06 bits per heavy atom. The second-order valence-electron chi connectivity index (χ2n) is 4.63. The Morgan fingerprint density at radius 2 is 2.39 bits per heavy atom. The molecule has 0 bridgehead atoms. The third-order valence-corrected chi connectivity index (χ3v) is 3.53. The highest BCUT2D eigenvalue weighted by Crippen LogP contribution is 2.30. The zero-order valence-corrected chi connectivity index (χ0v) is 11.7. The van der Waals surface area contributed by atoms with E-state index in [1.54, 1.807) is 0 Å². The summed E-state index contributed by atoms with van der Waals surface area (Å²) < 4.78 is 11.0. The molecule has 1 N–H and O–H groups in total. The molecule has 1 aromatic rings. The number of hydrogen-bond acceptors (Lipinski definition) is 3. The van der Waals surface area contributed by atoms with E-state index in [1.807, 2.05) is 25.1 Å². The second kappa shape index (κ2) is 6.30. The summed E-state index contributed by atoms with van der Waals surface area (Å²) in [5.41, 5.74) is 0.962. The van der Waals surface area contributed by atoms with Crippen LogP contribution in [0.3, 0.4) is 0 Å². The number of ether oxygens (including phenoxy) is 2. The van der Waals surface area contributed by atoms with E-state index in [9.17, 15) is 0 Å². The number of halogens is 1. The summed E-state index contributed by atoms with van der Waals surface area (Å²) in [4.78, 5) is 0. The highest BCUT2D eigenvalue weighted by Gasteiger charge is 2.22. The molecular weight excluding hydrogens is 250 g/mol. The van der Waals surface area contributed by atoms with Gasteiger partial charge in [-0.2, -0.15) is 0 Å². The molecule has 0 amide bonds. The van der Waals surface area contributed by atoms with Crippen molar-refractivity contribution in [1.29, 1.82) is 0 Å². The van der Waals surface area contributed by atoms with E-state index < -0.39 is 0 Å². The Kier molecular flexibility index (Phi) is 4.72. The molecule has 1 saturated heterocycles. The van der Waals surface area contributed by atoms with E-state index in [4.69, 9.17) is 21.1 Å². The van der Waals surface area contributed by atoms with E-state index >= 15 is 0 Å². The van der Waals surface area contributed by atoms with Crippen LogP contribution in [0, 0.1) is 5.92 Å². The SMILES string of the molecule is CCOc1ccc(Cl)cc1NC(C)C1CCOC1. The highest BCUT2D eigenvalue weighted by molar-refractivity contribution is 6.30. The van der Waals surface area contributed by atoms with Gasteiger partial charge in [0.15, 0.2) is 0 Å². The topological polar surface area (TPSA) is 30.5 Å². The zero-order valence-electron chi connectivity index (χ0n) is 10.9. The van der Waals surface area contributed by atoms with Crippen molar-refractivity contribution in [3.05, 3.63) is 23.2 Å². The summed E-state index contributed by atoms with van der Waals surface area (Å²) in [7, 11) is 0. The molecule has 0 aliphatic carbocycles. The molecule has 0 radical (unpaired) electrons. The molecule has 18 heavy (non-hydrogen) atoms. The molecule has 2 atom stereocenters. The van der Waals surface area contributed by atoms with Gasteiger partial charge in [0.05, 0.1) is 18.9 Å². The van der Waals surface area contributed by atoms with Crippen molar-refractivity contribution >= 4 is 17.3 Å². The van der Waals surface area contributed by atoms with Crippen molar-refractivity contribution < 1.29 is 9.47 Å². The Hall–Kier alpha value is -0.930. The summed E-state index contributed by atoms with van der Waals surface area (Å²) >= 11 is 6.04. The smallest absolute Gasteiger partial charge is 0.142 e. The quantitative estimate of drug-likeness (QED) is 0.886. The molecule has 0 saturated carbocycles. The third-order valence-electron chi connectivity index (χ3n) is 3.30. The molecule has 1 fully saturated rings. The molecule has 2 rings (SSSR count). The van der Waals surface area contributed by atoms with Crippen LogP contribution in [0.1, 0.15) is 20.3 Å². The summed E-state index contributed by atoms with van der Waals surface area (Å²) in [5, 5.41) is 4.21. The number of hydrogen-bond donors (Lipinski definition) is 1. The first-order chi connectivity index (χ1) is 8.70. The van der Waals surface area contributed by atoms with Crippen molar-refractivity contribution in [2.75, 3.05) is 25.1 Å². The van der Waals surface area contributed by atoms with Crippen LogP contribution >= 0.6 is 11.6 Å². The van der Waals surface area contributed by atoms with Crippen molar-refractivity contribution in [3.8, 4) is 5.75 Å². The molecule has 1 aliphatic heterocycles. The fraction of sp³-hybridized carbons (Fsp3) is 0.571. The Morgan fingerprint density at radius 1 is 1.56 bits per heavy atom. The largest absolute Gasteiger partial charge is 0.492 e. The Bertz CT molecular complexity index is 391. The van der Waals surface area contributed by atoms with Gasteiger partial charge in [-0.15, -0.1) is 0 Å². The first-order valence-electron chi connectivity index (χ1n) is 6.47. The van der Waals surface area contributed by atoms with Crippen molar-refractivity contribution in [2.45, 2.75) is 26.3 Å². The number of benzene rings is 1. The predicted molar refractivity (Wildman–Crippen MR) is 74.6 cm³/mol. The number of nitrogens with one attached hydrogen (secondary N) is 1. The maximum Gasteiger partial charge on any atom is 0.142 e. The summed E-state index contributed by atoms with van der Waals surface area (Å²) in [6.07, 6.45) is 1.11. The molecule has 3 nitrogen and oxygen atoms in total. The van der Waals surface area contributed by atoms with Gasteiger partial charge < -0.3 is 14.8 Å². The van der Waals surface area contributed by atoms with E-state index in [1.165, 1.54) is 0 Å². The average molecular weight is 270 g/mol. The van der Waals surface area contributed by atoms with Crippen LogP contribution in [0.5, 0.6) is 5.75 Å². The third kappa shape index (κ3) is 3.30. The van der Waals surface area contributed by atoms with Crippen LogP contribution in [-0.2, 0) is 4.74 Å². The van der Waals surface area contributed by atoms with E-state index in [0.29, 0.717) is 18.6 Å². The lowest BCUT2D eigenvalue weighted by Gasteiger charge is -2.22. The minimum absolute atomic E-state index is 0.352. The summed E-state index contributed by atoms with van der Waals surface area (Å²) in [6.45, 7) is 6.50. The Labute approximate surface area is 113 Å². The van der Waals surface area contributed by atoms with Gasteiger partial charge in [0, 0.05) is 23.6 Å².